The van der Waals surface area contributed by atoms with Crippen LogP contribution in [0.1, 0.15) is 25.2 Å². The summed E-state index contributed by atoms with van der Waals surface area (Å²) in [6, 6.07) is 12.1. The number of aromatic amines is 1. The van der Waals surface area contributed by atoms with Crippen molar-refractivity contribution in [2.45, 2.75) is 32.1 Å². The average molecular weight is 343 g/mol. The highest BCUT2D eigenvalue weighted by Crippen LogP contribution is 2.21. The van der Waals surface area contributed by atoms with E-state index in [-0.39, 0.29) is 4.90 Å². The van der Waals surface area contributed by atoms with Crippen LogP contribution in [0.3, 0.4) is 0 Å². The molecule has 0 bridgehead atoms. The maximum Gasteiger partial charge on any atom is 0.261 e. The molecule has 0 amide bonds. The number of H-pyrrole nitrogens is 1. The largest absolute Gasteiger partial charge is 0.342 e. The zero-order chi connectivity index (χ0) is 17.3. The first kappa shape index (κ1) is 16.5. The molecule has 0 unspecified atom stereocenters. The third kappa shape index (κ3) is 3.59. The number of fused-ring (bicyclic) bond motifs is 1. The van der Waals surface area contributed by atoms with E-state index in [9.17, 15) is 8.42 Å². The minimum absolute atomic E-state index is 0.248. The molecule has 1 aromatic heterocycles. The maximum atomic E-state index is 12.5. The lowest BCUT2D eigenvalue weighted by Gasteiger charge is -2.08. The predicted molar refractivity (Wildman–Crippen MR) is 96.6 cm³/mol. The molecule has 24 heavy (non-hydrogen) atoms. The molecule has 0 spiro atoms. The Morgan fingerprint density at radius 3 is 2.50 bits per heavy atom. The van der Waals surface area contributed by atoms with Gasteiger partial charge in [0.05, 0.1) is 21.6 Å². The molecule has 0 aliphatic carbocycles. The van der Waals surface area contributed by atoms with Crippen molar-refractivity contribution in [3.05, 3.63) is 53.9 Å². The van der Waals surface area contributed by atoms with E-state index in [2.05, 4.69) is 28.5 Å². The van der Waals surface area contributed by atoms with Crippen LogP contribution in [0.4, 0.5) is 5.69 Å². The summed E-state index contributed by atoms with van der Waals surface area (Å²) in [6.45, 7) is 6.19. The fourth-order valence-electron chi connectivity index (χ4n) is 2.54. The minimum atomic E-state index is -3.60. The summed E-state index contributed by atoms with van der Waals surface area (Å²) in [5.41, 5.74) is 3.20. The molecule has 0 aliphatic rings. The first-order valence-electron chi connectivity index (χ1n) is 7.91. The van der Waals surface area contributed by atoms with E-state index < -0.39 is 10.0 Å². The molecule has 126 valence electrons. The van der Waals surface area contributed by atoms with Crippen LogP contribution in [0.15, 0.2) is 47.4 Å². The van der Waals surface area contributed by atoms with Crippen LogP contribution in [0.5, 0.6) is 0 Å². The van der Waals surface area contributed by atoms with Crippen LogP contribution in [0.25, 0.3) is 11.0 Å². The summed E-state index contributed by atoms with van der Waals surface area (Å²) in [6.07, 6.45) is 0.860. The first-order valence-corrected chi connectivity index (χ1v) is 9.40. The number of aryl methyl sites for hydroxylation is 1. The fourth-order valence-corrected chi connectivity index (χ4v) is 3.59. The van der Waals surface area contributed by atoms with E-state index in [4.69, 9.17) is 0 Å². The quantitative estimate of drug-likeness (QED) is 0.738. The standard InChI is InChI=1S/C18H21N3O2S/c1-12(2)10-18-19-16-9-6-14(11-17(16)20-18)21-24(22,23)15-7-4-13(3)5-8-15/h4-9,11-12,21H,10H2,1-3H3,(H,19,20). The van der Waals surface area contributed by atoms with E-state index in [1.165, 1.54) is 0 Å². The lowest BCUT2D eigenvalue weighted by Crippen LogP contribution is -2.12. The Morgan fingerprint density at radius 1 is 1.12 bits per heavy atom. The molecule has 6 heteroatoms. The second kappa shape index (κ2) is 6.28. The smallest absolute Gasteiger partial charge is 0.261 e. The van der Waals surface area contributed by atoms with E-state index in [0.29, 0.717) is 11.6 Å². The Bertz CT molecular complexity index is 958. The van der Waals surface area contributed by atoms with Crippen molar-refractivity contribution in [2.75, 3.05) is 4.72 Å². The van der Waals surface area contributed by atoms with Gasteiger partial charge in [0, 0.05) is 6.42 Å². The average Bonchev–Trinajstić information content (AvgIpc) is 2.87. The van der Waals surface area contributed by atoms with Crippen molar-refractivity contribution < 1.29 is 8.42 Å². The number of sulfonamides is 1. The van der Waals surface area contributed by atoms with Gasteiger partial charge in [0.15, 0.2) is 0 Å². The molecule has 2 N–H and O–H groups in total. The van der Waals surface area contributed by atoms with Gasteiger partial charge in [-0.2, -0.15) is 0 Å². The lowest BCUT2D eigenvalue weighted by molar-refractivity contribution is 0.601. The number of rotatable bonds is 5. The normalized spacial score (nSPS) is 12.0. The Morgan fingerprint density at radius 2 is 1.83 bits per heavy atom. The molecule has 0 atom stereocenters. The van der Waals surface area contributed by atoms with E-state index in [1.54, 1.807) is 36.4 Å². The SMILES string of the molecule is Cc1ccc(S(=O)(=O)Nc2ccc3nc(CC(C)C)[nH]c3c2)cc1. The number of anilines is 1. The Kier molecular flexibility index (Phi) is 4.32. The topological polar surface area (TPSA) is 74.8 Å². The van der Waals surface area contributed by atoms with Gasteiger partial charge in [0.2, 0.25) is 0 Å². The van der Waals surface area contributed by atoms with Gasteiger partial charge in [-0.05, 0) is 43.2 Å². The third-order valence-electron chi connectivity index (χ3n) is 3.72. The second-order valence-corrected chi connectivity index (χ2v) is 8.11. The number of nitrogens with zero attached hydrogens (tertiary/aromatic N) is 1. The van der Waals surface area contributed by atoms with Crippen LogP contribution in [-0.2, 0) is 16.4 Å². The summed E-state index contributed by atoms with van der Waals surface area (Å²) in [7, 11) is -3.60. The Hall–Kier alpha value is -2.34. The summed E-state index contributed by atoms with van der Waals surface area (Å²) < 4.78 is 27.5. The van der Waals surface area contributed by atoms with Gasteiger partial charge < -0.3 is 4.98 Å². The molecular formula is C18H21N3O2S. The van der Waals surface area contributed by atoms with Crippen molar-refractivity contribution >= 4 is 26.7 Å². The van der Waals surface area contributed by atoms with Crippen LogP contribution < -0.4 is 4.72 Å². The van der Waals surface area contributed by atoms with Gasteiger partial charge in [-0.3, -0.25) is 4.72 Å². The third-order valence-corrected chi connectivity index (χ3v) is 5.11. The number of benzene rings is 2. The summed E-state index contributed by atoms with van der Waals surface area (Å²) in [4.78, 5) is 8.03. The first-order chi connectivity index (χ1) is 11.3. The highest BCUT2D eigenvalue weighted by molar-refractivity contribution is 7.92. The maximum absolute atomic E-state index is 12.5. The van der Waals surface area contributed by atoms with Gasteiger partial charge in [-0.1, -0.05) is 31.5 Å². The van der Waals surface area contributed by atoms with Gasteiger partial charge in [-0.15, -0.1) is 0 Å². The minimum Gasteiger partial charge on any atom is -0.342 e. The summed E-state index contributed by atoms with van der Waals surface area (Å²) in [5.74, 6) is 1.42. The fraction of sp³-hybridized carbons (Fsp3) is 0.278. The number of nitrogens with one attached hydrogen (secondary N) is 2. The van der Waals surface area contributed by atoms with Crippen molar-refractivity contribution in [3.8, 4) is 0 Å². The molecule has 5 nitrogen and oxygen atoms in total. The van der Waals surface area contributed by atoms with E-state index in [0.717, 1.165) is 28.8 Å². The highest BCUT2D eigenvalue weighted by Gasteiger charge is 2.14. The Balaban J connectivity index is 1.88. The molecule has 0 saturated carbocycles. The van der Waals surface area contributed by atoms with Gasteiger partial charge in [0.25, 0.3) is 10.0 Å². The van der Waals surface area contributed by atoms with Crippen LogP contribution in [0.2, 0.25) is 0 Å². The van der Waals surface area contributed by atoms with Gasteiger partial charge in [-0.25, -0.2) is 13.4 Å². The number of hydrogen-bond donors (Lipinski definition) is 2. The van der Waals surface area contributed by atoms with E-state index in [1.807, 2.05) is 13.0 Å². The molecule has 2 aromatic carbocycles. The molecule has 0 fully saturated rings. The summed E-state index contributed by atoms with van der Waals surface area (Å²) >= 11 is 0. The molecule has 0 saturated heterocycles. The van der Waals surface area contributed by atoms with Gasteiger partial charge in [0.1, 0.15) is 5.82 Å². The highest BCUT2D eigenvalue weighted by atomic mass is 32.2. The number of imidazole rings is 1. The molecule has 0 aliphatic heterocycles. The Labute approximate surface area is 142 Å². The molecule has 0 radical (unpaired) electrons. The van der Waals surface area contributed by atoms with Crippen LogP contribution in [-0.4, -0.2) is 18.4 Å². The van der Waals surface area contributed by atoms with E-state index >= 15 is 0 Å². The van der Waals surface area contributed by atoms with Crippen molar-refractivity contribution in [1.29, 1.82) is 0 Å². The monoisotopic (exact) mass is 343 g/mol. The molecule has 3 rings (SSSR count). The second-order valence-electron chi connectivity index (χ2n) is 6.43. The van der Waals surface area contributed by atoms with Crippen molar-refractivity contribution in [2.24, 2.45) is 5.92 Å². The molecule has 1 heterocycles. The zero-order valence-electron chi connectivity index (χ0n) is 14.0. The van der Waals surface area contributed by atoms with Gasteiger partial charge >= 0.3 is 0 Å². The molecular weight excluding hydrogens is 322 g/mol. The lowest BCUT2D eigenvalue weighted by atomic mass is 10.1. The molecule has 3 aromatic rings. The van der Waals surface area contributed by atoms with Crippen molar-refractivity contribution in [3.63, 3.8) is 0 Å². The predicted octanol–water partition coefficient (Wildman–Crippen LogP) is 3.87. The van der Waals surface area contributed by atoms with Crippen LogP contribution in [0, 0.1) is 12.8 Å². The van der Waals surface area contributed by atoms with Crippen LogP contribution >= 0.6 is 0 Å². The number of hydrogen-bond acceptors (Lipinski definition) is 3. The number of aromatic nitrogens is 2. The zero-order valence-corrected chi connectivity index (χ0v) is 14.8. The van der Waals surface area contributed by atoms with Crippen molar-refractivity contribution in [1.82, 2.24) is 9.97 Å². The summed E-state index contributed by atoms with van der Waals surface area (Å²) in [5, 5.41) is 0.